The van der Waals surface area contributed by atoms with E-state index in [1.807, 2.05) is 17.0 Å². The van der Waals surface area contributed by atoms with E-state index in [0.717, 1.165) is 12.1 Å². The topological polar surface area (TPSA) is 54.5 Å². The van der Waals surface area contributed by atoms with Gasteiger partial charge in [0.05, 0.1) is 6.04 Å². The predicted octanol–water partition coefficient (Wildman–Crippen LogP) is 2.29. The molecule has 5 nitrogen and oxygen atoms in total. The number of piperazine rings is 1. The third-order valence-electron chi connectivity index (χ3n) is 3.79. The fraction of sp³-hybridized carbons (Fsp3) is 0.294. The van der Waals surface area contributed by atoms with Crippen molar-refractivity contribution in [1.29, 1.82) is 0 Å². The molecule has 0 saturated carbocycles. The summed E-state index contributed by atoms with van der Waals surface area (Å²) in [6, 6.07) is 10.9. The first-order valence-corrected chi connectivity index (χ1v) is 7.90. The highest BCUT2D eigenvalue weighted by Gasteiger charge is 2.28. The van der Waals surface area contributed by atoms with Crippen molar-refractivity contribution in [3.05, 3.63) is 59.4 Å². The first-order chi connectivity index (χ1) is 11.2. The van der Waals surface area contributed by atoms with Crippen molar-refractivity contribution in [3.8, 4) is 5.75 Å². The van der Waals surface area contributed by atoms with Crippen molar-refractivity contribution in [2.24, 2.45) is 0 Å². The van der Waals surface area contributed by atoms with Gasteiger partial charge in [0, 0.05) is 37.1 Å². The van der Waals surface area contributed by atoms with Gasteiger partial charge < -0.3 is 15.0 Å². The summed E-state index contributed by atoms with van der Waals surface area (Å²) in [6.07, 6.45) is 3.53. The van der Waals surface area contributed by atoms with Crippen LogP contribution in [0, 0.1) is 0 Å². The lowest BCUT2D eigenvalue weighted by Crippen LogP contribution is -2.50. The Balaban J connectivity index is 1.67. The Bertz CT molecular complexity index is 666. The van der Waals surface area contributed by atoms with Gasteiger partial charge in [0.1, 0.15) is 5.75 Å². The van der Waals surface area contributed by atoms with Crippen LogP contribution in [0.3, 0.4) is 0 Å². The summed E-state index contributed by atoms with van der Waals surface area (Å²) in [7, 11) is 0. The van der Waals surface area contributed by atoms with E-state index in [-0.39, 0.29) is 18.6 Å². The summed E-state index contributed by atoms with van der Waals surface area (Å²) in [5.41, 5.74) is 1.02. The number of carbonyl (C=O) groups is 1. The van der Waals surface area contributed by atoms with Gasteiger partial charge >= 0.3 is 0 Å². The molecule has 2 aromatic rings. The molecule has 1 amide bonds. The minimum Gasteiger partial charge on any atom is -0.484 e. The molecule has 1 atom stereocenters. The molecule has 0 spiro atoms. The van der Waals surface area contributed by atoms with E-state index >= 15 is 0 Å². The fourth-order valence-corrected chi connectivity index (χ4v) is 2.84. The van der Waals surface area contributed by atoms with Crippen LogP contribution in [0.25, 0.3) is 0 Å². The second-order valence-electron chi connectivity index (χ2n) is 5.34. The molecule has 1 aliphatic heterocycles. The van der Waals surface area contributed by atoms with Gasteiger partial charge in [-0.3, -0.25) is 9.78 Å². The smallest absolute Gasteiger partial charge is 0.261 e. The molecule has 0 bridgehead atoms. The van der Waals surface area contributed by atoms with Gasteiger partial charge in [-0.15, -0.1) is 0 Å². The average molecular weight is 332 g/mol. The molecule has 120 valence electrons. The van der Waals surface area contributed by atoms with Gasteiger partial charge in [-0.25, -0.2) is 0 Å². The Labute approximate surface area is 140 Å². The first kappa shape index (κ1) is 15.8. The number of nitrogens with zero attached hydrogens (tertiary/aromatic N) is 2. The highest BCUT2D eigenvalue weighted by molar-refractivity contribution is 6.30. The summed E-state index contributed by atoms with van der Waals surface area (Å²) in [6.45, 7) is 2.14. The van der Waals surface area contributed by atoms with Crippen LogP contribution in [0.4, 0.5) is 0 Å². The number of benzene rings is 1. The quantitative estimate of drug-likeness (QED) is 0.934. The Kier molecular flexibility index (Phi) is 5.10. The van der Waals surface area contributed by atoms with Gasteiger partial charge in [0.15, 0.2) is 6.61 Å². The normalized spacial score (nSPS) is 17.8. The number of aromatic nitrogens is 1. The van der Waals surface area contributed by atoms with Crippen molar-refractivity contribution in [2.45, 2.75) is 6.04 Å². The largest absolute Gasteiger partial charge is 0.484 e. The number of hydrogen-bond acceptors (Lipinski definition) is 4. The van der Waals surface area contributed by atoms with Crippen LogP contribution in [-0.4, -0.2) is 42.0 Å². The molecule has 1 saturated heterocycles. The van der Waals surface area contributed by atoms with E-state index in [1.54, 1.807) is 36.7 Å². The number of ether oxygens (including phenoxy) is 1. The Morgan fingerprint density at radius 2 is 2.30 bits per heavy atom. The second-order valence-corrected chi connectivity index (χ2v) is 5.78. The first-order valence-electron chi connectivity index (χ1n) is 7.52. The molecule has 0 radical (unpaired) electrons. The van der Waals surface area contributed by atoms with Gasteiger partial charge in [-0.2, -0.15) is 0 Å². The highest BCUT2D eigenvalue weighted by Crippen LogP contribution is 2.22. The van der Waals surface area contributed by atoms with Crippen LogP contribution in [0.15, 0.2) is 48.8 Å². The van der Waals surface area contributed by atoms with Crippen LogP contribution in [0.5, 0.6) is 5.75 Å². The van der Waals surface area contributed by atoms with Gasteiger partial charge in [-0.05, 0) is 29.8 Å². The van der Waals surface area contributed by atoms with Gasteiger partial charge in [0.25, 0.3) is 5.91 Å². The van der Waals surface area contributed by atoms with Crippen LogP contribution >= 0.6 is 11.6 Å². The minimum absolute atomic E-state index is 0.00287. The van der Waals surface area contributed by atoms with Crippen molar-refractivity contribution in [1.82, 2.24) is 15.2 Å². The van der Waals surface area contributed by atoms with Crippen LogP contribution in [0.1, 0.15) is 11.6 Å². The molecule has 1 N–H and O–H groups in total. The third-order valence-corrected chi connectivity index (χ3v) is 4.03. The minimum atomic E-state index is -0.0414. The van der Waals surface area contributed by atoms with E-state index in [4.69, 9.17) is 16.3 Å². The number of carbonyl (C=O) groups excluding carboxylic acids is 1. The number of hydrogen-bond donors (Lipinski definition) is 1. The zero-order valence-electron chi connectivity index (χ0n) is 12.6. The fourth-order valence-electron chi connectivity index (χ4n) is 2.66. The number of rotatable bonds is 4. The van der Waals surface area contributed by atoms with E-state index in [1.165, 1.54) is 0 Å². The van der Waals surface area contributed by atoms with Crippen molar-refractivity contribution in [2.75, 3.05) is 26.2 Å². The summed E-state index contributed by atoms with van der Waals surface area (Å²) < 4.78 is 5.57. The SMILES string of the molecule is O=C(COc1cccc(Cl)c1)N1CCNCC1c1cccnc1. The highest BCUT2D eigenvalue weighted by atomic mass is 35.5. The number of pyridine rings is 1. The Hall–Kier alpha value is -2.11. The lowest BCUT2D eigenvalue weighted by atomic mass is 10.1. The van der Waals surface area contributed by atoms with Crippen molar-refractivity contribution < 1.29 is 9.53 Å². The lowest BCUT2D eigenvalue weighted by Gasteiger charge is -2.36. The molecule has 6 heteroatoms. The third kappa shape index (κ3) is 4.00. The van der Waals surface area contributed by atoms with E-state index < -0.39 is 0 Å². The van der Waals surface area contributed by atoms with Gasteiger partial charge in [-0.1, -0.05) is 23.7 Å². The van der Waals surface area contributed by atoms with Gasteiger partial charge in [0.2, 0.25) is 0 Å². The predicted molar refractivity (Wildman–Crippen MR) is 88.5 cm³/mol. The molecular formula is C17H18ClN3O2. The Morgan fingerprint density at radius 1 is 1.39 bits per heavy atom. The van der Waals surface area contributed by atoms with E-state index in [0.29, 0.717) is 23.9 Å². The number of nitrogens with one attached hydrogen (secondary N) is 1. The summed E-state index contributed by atoms with van der Waals surface area (Å²) >= 11 is 5.92. The molecule has 1 fully saturated rings. The molecule has 1 aromatic heterocycles. The van der Waals surface area contributed by atoms with Crippen molar-refractivity contribution in [3.63, 3.8) is 0 Å². The zero-order valence-corrected chi connectivity index (χ0v) is 13.4. The van der Waals surface area contributed by atoms with Crippen LogP contribution < -0.4 is 10.1 Å². The number of amides is 1. The molecule has 23 heavy (non-hydrogen) atoms. The molecule has 1 unspecified atom stereocenters. The maximum Gasteiger partial charge on any atom is 0.261 e. The van der Waals surface area contributed by atoms with Crippen LogP contribution in [-0.2, 0) is 4.79 Å². The number of halogens is 1. The van der Waals surface area contributed by atoms with Crippen molar-refractivity contribution >= 4 is 17.5 Å². The zero-order chi connectivity index (χ0) is 16.1. The van der Waals surface area contributed by atoms with E-state index in [9.17, 15) is 4.79 Å². The Morgan fingerprint density at radius 3 is 3.09 bits per heavy atom. The standard InChI is InChI=1S/C17H18ClN3O2/c18-14-4-1-5-15(9-14)23-12-17(22)21-8-7-20-11-16(21)13-3-2-6-19-10-13/h1-6,9-10,16,20H,7-8,11-12H2. The molecule has 1 aromatic carbocycles. The average Bonchev–Trinajstić information content (AvgIpc) is 2.60. The maximum atomic E-state index is 12.6. The lowest BCUT2D eigenvalue weighted by molar-refractivity contribution is -0.136. The molecule has 0 aliphatic carbocycles. The summed E-state index contributed by atoms with van der Waals surface area (Å²) in [5, 5.41) is 3.91. The molecule has 3 rings (SSSR count). The molecular weight excluding hydrogens is 314 g/mol. The second kappa shape index (κ2) is 7.44. The summed E-state index contributed by atoms with van der Waals surface area (Å²) in [5.74, 6) is 0.555. The van der Waals surface area contributed by atoms with E-state index in [2.05, 4.69) is 10.3 Å². The maximum absolute atomic E-state index is 12.6. The molecule has 2 heterocycles. The molecule has 1 aliphatic rings. The monoisotopic (exact) mass is 331 g/mol. The van der Waals surface area contributed by atoms with Crippen LogP contribution in [0.2, 0.25) is 5.02 Å². The summed E-state index contributed by atoms with van der Waals surface area (Å²) in [4.78, 5) is 18.6.